The second-order valence-electron chi connectivity index (χ2n) is 4.71. The van der Waals surface area contributed by atoms with Gasteiger partial charge in [-0.2, -0.15) is 0 Å². The van der Waals surface area contributed by atoms with E-state index >= 15 is 0 Å². The lowest BCUT2D eigenvalue weighted by Crippen LogP contribution is -2.22. The van der Waals surface area contributed by atoms with E-state index in [9.17, 15) is 13.5 Å². The standard InChI is InChI=1S/C12H15N3O3S2/c16-8-10-5-11(7-15(10)9-1-2-9)20(17,18)14-6-12-13-3-4-19-12/h3-5,7,9,14,16H,1-2,6,8H2. The van der Waals surface area contributed by atoms with Gasteiger partial charge in [0.05, 0.1) is 18.0 Å². The number of hydrogen-bond acceptors (Lipinski definition) is 5. The molecule has 0 unspecified atom stereocenters. The average Bonchev–Trinajstić information content (AvgIpc) is 2.98. The van der Waals surface area contributed by atoms with Crippen molar-refractivity contribution in [2.24, 2.45) is 0 Å². The molecule has 0 radical (unpaired) electrons. The SMILES string of the molecule is O=S(=O)(NCc1nccs1)c1cc(CO)n(C2CC2)c1. The summed E-state index contributed by atoms with van der Waals surface area (Å²) in [4.78, 5) is 4.24. The van der Waals surface area contributed by atoms with E-state index in [0.717, 1.165) is 17.8 Å². The lowest BCUT2D eigenvalue weighted by Gasteiger charge is -2.03. The van der Waals surface area contributed by atoms with E-state index in [1.54, 1.807) is 17.8 Å². The van der Waals surface area contributed by atoms with Gasteiger partial charge in [-0.25, -0.2) is 18.1 Å². The molecule has 0 aliphatic heterocycles. The highest BCUT2D eigenvalue weighted by molar-refractivity contribution is 7.89. The average molecular weight is 313 g/mol. The Bertz CT molecular complexity index is 688. The molecule has 1 fully saturated rings. The van der Waals surface area contributed by atoms with Crippen molar-refractivity contribution in [2.45, 2.75) is 36.9 Å². The van der Waals surface area contributed by atoms with Crippen LogP contribution in [0.4, 0.5) is 0 Å². The smallest absolute Gasteiger partial charge is 0.242 e. The molecule has 2 heterocycles. The Balaban J connectivity index is 1.79. The summed E-state index contributed by atoms with van der Waals surface area (Å²) >= 11 is 1.40. The molecule has 0 bridgehead atoms. The van der Waals surface area contributed by atoms with Crippen LogP contribution in [0.15, 0.2) is 28.7 Å². The van der Waals surface area contributed by atoms with Crippen molar-refractivity contribution in [1.82, 2.24) is 14.3 Å². The second kappa shape index (κ2) is 5.28. The first-order valence-corrected chi connectivity index (χ1v) is 8.66. The van der Waals surface area contributed by atoms with Gasteiger partial charge in [0.25, 0.3) is 0 Å². The minimum atomic E-state index is -3.57. The fourth-order valence-electron chi connectivity index (χ4n) is 2.04. The predicted octanol–water partition coefficient (Wildman–Crippen LogP) is 1.25. The number of rotatable bonds is 6. The molecule has 3 rings (SSSR count). The van der Waals surface area contributed by atoms with Crippen LogP contribution in [0.2, 0.25) is 0 Å². The van der Waals surface area contributed by atoms with Crippen LogP contribution in [0.5, 0.6) is 0 Å². The highest BCUT2D eigenvalue weighted by Gasteiger charge is 2.28. The molecule has 20 heavy (non-hydrogen) atoms. The molecule has 8 heteroatoms. The highest BCUT2D eigenvalue weighted by atomic mass is 32.2. The van der Waals surface area contributed by atoms with E-state index in [0.29, 0.717) is 11.7 Å². The molecule has 0 saturated heterocycles. The molecular formula is C12H15N3O3S2. The number of nitrogens with zero attached hydrogens (tertiary/aromatic N) is 2. The first-order chi connectivity index (χ1) is 9.60. The van der Waals surface area contributed by atoms with Gasteiger partial charge in [-0.3, -0.25) is 0 Å². The maximum Gasteiger partial charge on any atom is 0.242 e. The van der Waals surface area contributed by atoms with E-state index in [1.165, 1.54) is 17.4 Å². The van der Waals surface area contributed by atoms with Gasteiger partial charge in [0.2, 0.25) is 10.0 Å². The normalized spacial score (nSPS) is 15.7. The molecule has 2 aromatic rings. The fraction of sp³-hybridized carbons (Fsp3) is 0.417. The van der Waals surface area contributed by atoms with Crippen LogP contribution in [0.25, 0.3) is 0 Å². The molecule has 6 nitrogen and oxygen atoms in total. The highest BCUT2D eigenvalue weighted by Crippen LogP contribution is 2.37. The molecule has 2 N–H and O–H groups in total. The molecule has 2 aromatic heterocycles. The van der Waals surface area contributed by atoms with Gasteiger partial charge in [-0.05, 0) is 18.9 Å². The van der Waals surface area contributed by atoms with E-state index in [4.69, 9.17) is 0 Å². The van der Waals surface area contributed by atoms with E-state index in [1.807, 2.05) is 4.57 Å². The van der Waals surface area contributed by atoms with E-state index < -0.39 is 10.0 Å². The molecule has 0 amide bonds. The zero-order valence-corrected chi connectivity index (χ0v) is 12.3. The molecule has 0 atom stereocenters. The maximum atomic E-state index is 12.2. The summed E-state index contributed by atoms with van der Waals surface area (Å²) in [7, 11) is -3.57. The Hall–Kier alpha value is -1.22. The van der Waals surface area contributed by atoms with Gasteiger partial charge in [0.15, 0.2) is 0 Å². The Labute approximate surface area is 121 Å². The number of aromatic nitrogens is 2. The molecule has 1 aliphatic carbocycles. The van der Waals surface area contributed by atoms with Crippen LogP contribution in [0, 0.1) is 0 Å². The van der Waals surface area contributed by atoms with Gasteiger partial charge < -0.3 is 9.67 Å². The van der Waals surface area contributed by atoms with Gasteiger partial charge in [0, 0.05) is 29.5 Å². The number of thiazole rings is 1. The number of aliphatic hydroxyl groups is 1. The maximum absolute atomic E-state index is 12.2. The molecule has 0 aromatic carbocycles. The molecular weight excluding hydrogens is 298 g/mol. The monoisotopic (exact) mass is 313 g/mol. The minimum Gasteiger partial charge on any atom is -0.390 e. The number of aliphatic hydroxyl groups excluding tert-OH is 1. The van der Waals surface area contributed by atoms with Crippen molar-refractivity contribution >= 4 is 21.4 Å². The summed E-state index contributed by atoms with van der Waals surface area (Å²) in [6.45, 7) is 0.0293. The lowest BCUT2D eigenvalue weighted by atomic mass is 10.4. The summed E-state index contributed by atoms with van der Waals surface area (Å²) in [6.07, 6.45) is 5.32. The van der Waals surface area contributed by atoms with Crippen LogP contribution in [0.3, 0.4) is 0 Å². The molecule has 1 saturated carbocycles. The van der Waals surface area contributed by atoms with Gasteiger partial charge in [-0.1, -0.05) is 0 Å². The number of hydrogen-bond donors (Lipinski definition) is 2. The number of sulfonamides is 1. The van der Waals surface area contributed by atoms with Gasteiger partial charge in [-0.15, -0.1) is 11.3 Å². The largest absolute Gasteiger partial charge is 0.390 e. The van der Waals surface area contributed by atoms with Gasteiger partial charge in [0.1, 0.15) is 5.01 Å². The van der Waals surface area contributed by atoms with Crippen LogP contribution in [0.1, 0.15) is 29.6 Å². The predicted molar refractivity (Wildman–Crippen MR) is 74.8 cm³/mol. The first kappa shape index (κ1) is 13.7. The fourth-order valence-corrected chi connectivity index (χ4v) is 3.73. The topological polar surface area (TPSA) is 84.2 Å². The van der Waals surface area contributed by atoms with Crippen LogP contribution >= 0.6 is 11.3 Å². The summed E-state index contributed by atoms with van der Waals surface area (Å²) < 4.78 is 28.8. The Morgan fingerprint density at radius 3 is 2.90 bits per heavy atom. The summed E-state index contributed by atoms with van der Waals surface area (Å²) in [5, 5.41) is 11.8. The minimum absolute atomic E-state index is 0.154. The third kappa shape index (κ3) is 2.78. The van der Waals surface area contributed by atoms with Crippen molar-refractivity contribution in [1.29, 1.82) is 0 Å². The van der Waals surface area contributed by atoms with Crippen molar-refractivity contribution in [3.05, 3.63) is 34.5 Å². The molecule has 1 aliphatic rings. The van der Waals surface area contributed by atoms with Crippen molar-refractivity contribution < 1.29 is 13.5 Å². The zero-order valence-electron chi connectivity index (χ0n) is 10.7. The van der Waals surface area contributed by atoms with Gasteiger partial charge >= 0.3 is 0 Å². The quantitative estimate of drug-likeness (QED) is 0.840. The number of nitrogens with one attached hydrogen (secondary N) is 1. The van der Waals surface area contributed by atoms with Crippen LogP contribution < -0.4 is 4.72 Å². The molecule has 108 valence electrons. The van der Waals surface area contributed by atoms with Crippen molar-refractivity contribution in [3.63, 3.8) is 0 Å². The van der Waals surface area contributed by atoms with Crippen molar-refractivity contribution in [3.8, 4) is 0 Å². The van der Waals surface area contributed by atoms with E-state index in [2.05, 4.69) is 9.71 Å². The summed E-state index contributed by atoms with van der Waals surface area (Å²) in [5.41, 5.74) is 0.641. The molecule has 0 spiro atoms. The Morgan fingerprint density at radius 2 is 2.30 bits per heavy atom. The van der Waals surface area contributed by atoms with E-state index in [-0.39, 0.29) is 18.0 Å². The lowest BCUT2D eigenvalue weighted by molar-refractivity contribution is 0.270. The first-order valence-electron chi connectivity index (χ1n) is 6.30. The summed E-state index contributed by atoms with van der Waals surface area (Å²) in [5.74, 6) is 0. The van der Waals surface area contributed by atoms with Crippen molar-refractivity contribution in [2.75, 3.05) is 0 Å². The zero-order chi connectivity index (χ0) is 14.2. The third-order valence-corrected chi connectivity index (χ3v) is 5.36. The third-order valence-electron chi connectivity index (χ3n) is 3.22. The Kier molecular flexibility index (Phi) is 3.63. The Morgan fingerprint density at radius 1 is 1.50 bits per heavy atom. The summed E-state index contributed by atoms with van der Waals surface area (Å²) in [6, 6.07) is 1.86. The van der Waals surface area contributed by atoms with Crippen LogP contribution in [-0.4, -0.2) is 23.1 Å². The second-order valence-corrected chi connectivity index (χ2v) is 7.46. The van der Waals surface area contributed by atoms with Crippen LogP contribution in [-0.2, 0) is 23.2 Å².